The van der Waals surface area contributed by atoms with Gasteiger partial charge in [-0.25, -0.2) is 8.42 Å². The van der Waals surface area contributed by atoms with Crippen molar-refractivity contribution in [1.82, 2.24) is 0 Å². The molecule has 2 rings (SSSR count). The molecule has 8 nitrogen and oxygen atoms in total. The highest BCUT2D eigenvalue weighted by atomic mass is 32.2. The minimum Gasteiger partial charge on any atom is -0.494 e. The first kappa shape index (κ1) is 19.5. The number of carbonyl (C=O) groups excluding carboxylic acids is 1. The molecule has 26 heavy (non-hydrogen) atoms. The molecule has 0 saturated carbocycles. The lowest BCUT2D eigenvalue weighted by molar-refractivity contribution is -0.137. The van der Waals surface area contributed by atoms with E-state index in [1.807, 2.05) is 0 Å². The minimum absolute atomic E-state index is 0.0117. The number of sulfone groups is 1. The zero-order valence-corrected chi connectivity index (χ0v) is 14.9. The summed E-state index contributed by atoms with van der Waals surface area (Å²) in [5.74, 6) is -0.875. The molecule has 0 atom stereocenters. The number of carboxylic acids is 1. The van der Waals surface area contributed by atoms with Gasteiger partial charge in [0.2, 0.25) is 0 Å². The maximum atomic E-state index is 12.1. The number of rotatable bonds is 9. The van der Waals surface area contributed by atoms with E-state index in [4.69, 9.17) is 14.3 Å². The van der Waals surface area contributed by atoms with Crippen molar-refractivity contribution < 1.29 is 32.3 Å². The third-order valence-electron chi connectivity index (χ3n) is 3.21. The van der Waals surface area contributed by atoms with Gasteiger partial charge in [-0.15, -0.1) is 0 Å². The fourth-order valence-corrected chi connectivity index (χ4v) is 2.75. The highest BCUT2D eigenvalue weighted by Crippen LogP contribution is 2.18. The zero-order chi connectivity index (χ0) is 19.2. The summed E-state index contributed by atoms with van der Waals surface area (Å²) in [4.78, 5) is 22.5. The van der Waals surface area contributed by atoms with Crippen LogP contribution in [-0.2, 0) is 20.4 Å². The number of ether oxygens (including phenoxy) is 1. The van der Waals surface area contributed by atoms with Crippen molar-refractivity contribution in [2.75, 3.05) is 18.2 Å². The van der Waals surface area contributed by atoms with Crippen molar-refractivity contribution in [1.29, 1.82) is 0 Å². The second-order valence-corrected chi connectivity index (χ2v) is 7.80. The number of aliphatic carboxylic acids is 1. The molecule has 2 aromatic rings. The molecule has 1 aromatic carbocycles. The van der Waals surface area contributed by atoms with E-state index in [0.717, 1.165) is 6.26 Å². The summed E-state index contributed by atoms with van der Waals surface area (Å²) in [6.07, 6.45) is 1.53. The van der Waals surface area contributed by atoms with Gasteiger partial charge in [0.15, 0.2) is 15.6 Å². The molecule has 1 amide bonds. The Bertz CT molecular complexity index is 869. The summed E-state index contributed by atoms with van der Waals surface area (Å²) in [5.41, 5.74) is 0.508. The number of carboxylic acid groups (broad SMARTS) is 1. The van der Waals surface area contributed by atoms with Gasteiger partial charge in [0.05, 0.1) is 6.61 Å². The van der Waals surface area contributed by atoms with Crippen molar-refractivity contribution in [2.24, 2.45) is 0 Å². The Kier molecular flexibility index (Phi) is 6.40. The number of carbonyl (C=O) groups is 2. The molecule has 0 fully saturated rings. The Balaban J connectivity index is 1.88. The zero-order valence-electron chi connectivity index (χ0n) is 14.1. The van der Waals surface area contributed by atoms with Crippen LogP contribution in [0.4, 0.5) is 5.69 Å². The number of amides is 1. The fraction of sp³-hybridized carbons (Fsp3) is 0.294. The molecule has 0 unspecified atom stereocenters. The lowest BCUT2D eigenvalue weighted by atomic mass is 10.3. The van der Waals surface area contributed by atoms with Crippen molar-refractivity contribution in [3.63, 3.8) is 0 Å². The van der Waals surface area contributed by atoms with E-state index in [9.17, 15) is 18.0 Å². The Labute approximate surface area is 150 Å². The van der Waals surface area contributed by atoms with Crippen LogP contribution in [0.1, 0.15) is 29.2 Å². The Hall–Kier alpha value is -2.81. The fourth-order valence-electron chi connectivity index (χ4n) is 2.08. The van der Waals surface area contributed by atoms with E-state index < -0.39 is 21.7 Å². The first-order valence-electron chi connectivity index (χ1n) is 7.75. The predicted molar refractivity (Wildman–Crippen MR) is 94.0 cm³/mol. The molecule has 0 aliphatic carbocycles. The maximum Gasteiger partial charge on any atom is 0.303 e. The van der Waals surface area contributed by atoms with Crippen LogP contribution in [0.5, 0.6) is 5.75 Å². The van der Waals surface area contributed by atoms with E-state index in [-0.39, 0.29) is 30.3 Å². The minimum atomic E-state index is -3.24. The number of furan rings is 1. The van der Waals surface area contributed by atoms with Crippen LogP contribution in [0, 0.1) is 0 Å². The van der Waals surface area contributed by atoms with Crippen LogP contribution in [0.25, 0.3) is 0 Å². The molecule has 1 heterocycles. The van der Waals surface area contributed by atoms with E-state index in [1.54, 1.807) is 24.3 Å². The van der Waals surface area contributed by atoms with Gasteiger partial charge in [-0.2, -0.15) is 0 Å². The van der Waals surface area contributed by atoms with Crippen LogP contribution in [0.15, 0.2) is 40.8 Å². The average Bonchev–Trinajstić information content (AvgIpc) is 2.99. The van der Waals surface area contributed by atoms with Crippen LogP contribution in [0.2, 0.25) is 0 Å². The first-order valence-corrected chi connectivity index (χ1v) is 9.81. The van der Waals surface area contributed by atoms with Crippen LogP contribution in [0.3, 0.4) is 0 Å². The topological polar surface area (TPSA) is 123 Å². The smallest absolute Gasteiger partial charge is 0.303 e. The SMILES string of the molecule is CS(=O)(=O)Cc1ccc(C(=O)Nc2ccc(OCCCC(=O)O)cc2)o1. The summed E-state index contributed by atoms with van der Waals surface area (Å²) in [7, 11) is -3.24. The van der Waals surface area contributed by atoms with E-state index in [2.05, 4.69) is 5.32 Å². The summed E-state index contributed by atoms with van der Waals surface area (Å²) < 4.78 is 33.1. The van der Waals surface area contributed by atoms with E-state index in [1.165, 1.54) is 12.1 Å². The van der Waals surface area contributed by atoms with Gasteiger partial charge in [-0.1, -0.05) is 0 Å². The van der Waals surface area contributed by atoms with Gasteiger partial charge in [-0.3, -0.25) is 9.59 Å². The molecule has 0 bridgehead atoms. The van der Waals surface area contributed by atoms with Crippen molar-refractivity contribution in [2.45, 2.75) is 18.6 Å². The van der Waals surface area contributed by atoms with Gasteiger partial charge in [0.25, 0.3) is 5.91 Å². The highest BCUT2D eigenvalue weighted by molar-refractivity contribution is 7.89. The standard InChI is InChI=1S/C17H19NO7S/c1-26(22,23)11-14-8-9-15(25-14)17(21)18-12-4-6-13(7-5-12)24-10-2-3-16(19)20/h4-9H,2-3,10-11H2,1H3,(H,18,21)(H,19,20). The Morgan fingerprint density at radius 1 is 1.15 bits per heavy atom. The van der Waals surface area contributed by atoms with Crippen LogP contribution >= 0.6 is 0 Å². The molecule has 0 aliphatic heterocycles. The second-order valence-electron chi connectivity index (χ2n) is 5.66. The molecule has 2 N–H and O–H groups in total. The first-order chi connectivity index (χ1) is 12.2. The lowest BCUT2D eigenvalue weighted by Crippen LogP contribution is -2.11. The average molecular weight is 381 g/mol. The van der Waals surface area contributed by atoms with E-state index in [0.29, 0.717) is 17.9 Å². The Morgan fingerprint density at radius 3 is 2.46 bits per heavy atom. The third-order valence-corrected chi connectivity index (χ3v) is 4.01. The van der Waals surface area contributed by atoms with Crippen molar-refractivity contribution >= 4 is 27.4 Å². The van der Waals surface area contributed by atoms with Crippen molar-refractivity contribution in [3.05, 3.63) is 47.9 Å². The van der Waals surface area contributed by atoms with Gasteiger partial charge >= 0.3 is 5.97 Å². The van der Waals surface area contributed by atoms with Gasteiger partial charge in [-0.05, 0) is 42.8 Å². The van der Waals surface area contributed by atoms with Gasteiger partial charge < -0.3 is 19.6 Å². The highest BCUT2D eigenvalue weighted by Gasteiger charge is 2.14. The number of anilines is 1. The number of benzene rings is 1. The Morgan fingerprint density at radius 2 is 1.85 bits per heavy atom. The summed E-state index contributed by atoms with van der Waals surface area (Å²) in [6.45, 7) is 0.285. The largest absolute Gasteiger partial charge is 0.494 e. The summed E-state index contributed by atoms with van der Waals surface area (Å²) in [5, 5.41) is 11.2. The normalized spacial score (nSPS) is 11.1. The molecular formula is C17H19NO7S. The predicted octanol–water partition coefficient (Wildman–Crippen LogP) is 2.32. The number of nitrogens with one attached hydrogen (secondary N) is 1. The molecular weight excluding hydrogens is 362 g/mol. The molecule has 1 aromatic heterocycles. The monoisotopic (exact) mass is 381 g/mol. The van der Waals surface area contributed by atoms with Gasteiger partial charge in [0.1, 0.15) is 17.3 Å². The lowest BCUT2D eigenvalue weighted by Gasteiger charge is -2.07. The second kappa shape index (κ2) is 8.52. The quantitative estimate of drug-likeness (QED) is 0.639. The number of hydrogen-bond donors (Lipinski definition) is 2. The maximum absolute atomic E-state index is 12.1. The molecule has 0 aliphatic rings. The molecule has 140 valence electrons. The van der Waals surface area contributed by atoms with Crippen LogP contribution in [-0.4, -0.2) is 38.3 Å². The molecule has 9 heteroatoms. The van der Waals surface area contributed by atoms with Crippen molar-refractivity contribution in [3.8, 4) is 5.75 Å². The number of hydrogen-bond acceptors (Lipinski definition) is 6. The van der Waals surface area contributed by atoms with Crippen LogP contribution < -0.4 is 10.1 Å². The summed E-state index contributed by atoms with van der Waals surface area (Å²) >= 11 is 0. The molecule has 0 saturated heterocycles. The third kappa shape index (κ3) is 6.60. The summed E-state index contributed by atoms with van der Waals surface area (Å²) in [6, 6.07) is 9.41. The van der Waals surface area contributed by atoms with E-state index >= 15 is 0 Å². The molecule has 0 spiro atoms. The molecule has 0 radical (unpaired) electrons. The van der Waals surface area contributed by atoms with Gasteiger partial charge in [0, 0.05) is 18.4 Å².